The summed E-state index contributed by atoms with van der Waals surface area (Å²) in [5.74, 6) is -1.10. The van der Waals surface area contributed by atoms with E-state index in [1.807, 2.05) is 0 Å². The van der Waals surface area contributed by atoms with E-state index in [1.54, 1.807) is 6.07 Å². The number of unbranched alkanes of at least 4 members (excludes halogenated alkanes) is 11. The predicted octanol–water partition coefficient (Wildman–Crippen LogP) is 6.81. The van der Waals surface area contributed by atoms with Gasteiger partial charge in [-0.05, 0) is 25.0 Å². The lowest BCUT2D eigenvalue weighted by atomic mass is 10.1. The molecule has 0 bridgehead atoms. The lowest BCUT2D eigenvalue weighted by Crippen LogP contribution is -2.14. The van der Waals surface area contributed by atoms with Crippen molar-refractivity contribution in [1.82, 2.24) is 0 Å². The van der Waals surface area contributed by atoms with Gasteiger partial charge in [0.2, 0.25) is 0 Å². The van der Waals surface area contributed by atoms with Gasteiger partial charge in [0, 0.05) is 12.1 Å². The van der Waals surface area contributed by atoms with Crippen LogP contribution in [-0.2, 0) is 14.3 Å². The quantitative estimate of drug-likeness (QED) is 0.0514. The molecule has 0 unspecified atom stereocenters. The van der Waals surface area contributed by atoms with Crippen molar-refractivity contribution in [3.05, 3.63) is 45.5 Å². The summed E-state index contributed by atoms with van der Waals surface area (Å²) in [5.41, 5.74) is 0.225. The number of ether oxygens (including phenoxy) is 1. The van der Waals surface area contributed by atoms with Gasteiger partial charge >= 0.3 is 5.97 Å². The first-order valence-corrected chi connectivity index (χ1v) is 11.6. The number of carbonyl (C=O) groups is 2. The molecule has 0 aliphatic heterocycles. The molecule has 0 saturated heterocycles. The Bertz CT molecular complexity index is 726. The molecular weight excluding hydrogens is 394 g/mol. The number of nitro benzene ring substituents is 1. The van der Waals surface area contributed by atoms with Crippen LogP contribution in [0.3, 0.4) is 0 Å². The van der Waals surface area contributed by atoms with E-state index in [0.717, 1.165) is 19.3 Å². The minimum atomic E-state index is -0.679. The Morgan fingerprint density at radius 2 is 1.48 bits per heavy atom. The van der Waals surface area contributed by atoms with Gasteiger partial charge < -0.3 is 4.74 Å². The second-order valence-electron chi connectivity index (χ2n) is 7.99. The lowest BCUT2D eigenvalue weighted by molar-refractivity contribution is -0.384. The molecule has 0 saturated carbocycles. The van der Waals surface area contributed by atoms with Crippen LogP contribution < -0.4 is 0 Å². The maximum atomic E-state index is 12.3. The molecule has 1 aromatic carbocycles. The van der Waals surface area contributed by atoms with Crippen LogP contribution in [0, 0.1) is 10.1 Å². The monoisotopic (exact) mass is 431 g/mol. The smallest absolute Gasteiger partial charge is 0.341 e. The maximum absolute atomic E-state index is 12.3. The normalized spacial score (nSPS) is 11.4. The summed E-state index contributed by atoms with van der Waals surface area (Å²) in [7, 11) is 0. The largest absolute Gasteiger partial charge is 0.462 e. The van der Waals surface area contributed by atoms with Gasteiger partial charge in [-0.2, -0.15) is 0 Å². The van der Waals surface area contributed by atoms with Crippen molar-refractivity contribution in [3.8, 4) is 0 Å². The van der Waals surface area contributed by atoms with Crippen LogP contribution in [0.1, 0.15) is 96.5 Å². The summed E-state index contributed by atoms with van der Waals surface area (Å²) in [6.07, 6.45) is 16.0. The first-order chi connectivity index (χ1) is 15.0. The SMILES string of the molecule is CCCCCCCCCCCCCCOC(=O)C(=Cc1cccc([N+](=O)[O-])c1)C(C)=O. The Hall–Kier alpha value is -2.50. The number of hydrogen-bond acceptors (Lipinski definition) is 5. The van der Waals surface area contributed by atoms with Crippen LogP contribution in [0.4, 0.5) is 5.69 Å². The number of nitrogens with zero attached hydrogens (tertiary/aromatic N) is 1. The second kappa shape index (κ2) is 16.2. The zero-order chi connectivity index (χ0) is 22.9. The fourth-order valence-electron chi connectivity index (χ4n) is 3.38. The Labute approximate surface area is 186 Å². The fourth-order valence-corrected chi connectivity index (χ4v) is 3.38. The highest BCUT2D eigenvalue weighted by molar-refractivity contribution is 6.19. The van der Waals surface area contributed by atoms with Crippen LogP contribution >= 0.6 is 0 Å². The number of rotatable bonds is 17. The minimum Gasteiger partial charge on any atom is -0.462 e. The van der Waals surface area contributed by atoms with E-state index >= 15 is 0 Å². The van der Waals surface area contributed by atoms with Crippen LogP contribution in [0.15, 0.2) is 29.8 Å². The Morgan fingerprint density at radius 3 is 2.00 bits per heavy atom. The highest BCUT2D eigenvalue weighted by Gasteiger charge is 2.16. The standard InChI is InChI=1S/C25H37NO5/c1-3-4-5-6-7-8-9-10-11-12-13-14-18-31-25(28)24(21(2)27)20-22-16-15-17-23(19-22)26(29)30/h15-17,19-20H,3-14,18H2,1-2H3. The Kier molecular flexibility index (Phi) is 13.9. The third-order valence-electron chi connectivity index (χ3n) is 5.22. The van der Waals surface area contributed by atoms with E-state index in [-0.39, 0.29) is 17.9 Å². The van der Waals surface area contributed by atoms with Gasteiger partial charge in [-0.1, -0.05) is 89.7 Å². The summed E-state index contributed by atoms with van der Waals surface area (Å²) >= 11 is 0. The molecule has 0 amide bonds. The maximum Gasteiger partial charge on any atom is 0.341 e. The van der Waals surface area contributed by atoms with Crippen molar-refractivity contribution < 1.29 is 19.2 Å². The number of non-ortho nitro benzene ring substituents is 1. The van der Waals surface area contributed by atoms with Crippen molar-refractivity contribution >= 4 is 23.5 Å². The summed E-state index contributed by atoms with van der Waals surface area (Å²) < 4.78 is 5.25. The number of esters is 1. The molecule has 1 rings (SSSR count). The topological polar surface area (TPSA) is 86.5 Å². The number of benzene rings is 1. The molecular formula is C25H37NO5. The van der Waals surface area contributed by atoms with E-state index in [4.69, 9.17) is 4.74 Å². The average Bonchev–Trinajstić information content (AvgIpc) is 2.75. The second-order valence-corrected chi connectivity index (χ2v) is 7.99. The van der Waals surface area contributed by atoms with Crippen LogP contribution in [0.5, 0.6) is 0 Å². The van der Waals surface area contributed by atoms with Gasteiger partial charge in [-0.25, -0.2) is 4.79 Å². The number of carbonyl (C=O) groups excluding carboxylic acids is 2. The van der Waals surface area contributed by atoms with Gasteiger partial charge in [0.1, 0.15) is 5.57 Å². The van der Waals surface area contributed by atoms with Crippen molar-refractivity contribution in [3.63, 3.8) is 0 Å². The van der Waals surface area contributed by atoms with Gasteiger partial charge in [0.25, 0.3) is 5.69 Å². The molecule has 0 atom stereocenters. The highest BCUT2D eigenvalue weighted by Crippen LogP contribution is 2.17. The van der Waals surface area contributed by atoms with E-state index < -0.39 is 16.7 Å². The molecule has 0 fully saturated rings. The summed E-state index contributed by atoms with van der Waals surface area (Å²) in [5, 5.41) is 10.9. The number of hydrogen-bond donors (Lipinski definition) is 0. The van der Waals surface area contributed by atoms with Crippen molar-refractivity contribution in [2.75, 3.05) is 6.61 Å². The third-order valence-corrected chi connectivity index (χ3v) is 5.22. The summed E-state index contributed by atoms with van der Waals surface area (Å²) in [4.78, 5) is 34.5. The molecule has 0 heterocycles. The van der Waals surface area contributed by atoms with E-state index in [9.17, 15) is 19.7 Å². The van der Waals surface area contributed by atoms with Gasteiger partial charge in [0.05, 0.1) is 11.5 Å². The molecule has 6 heteroatoms. The Morgan fingerprint density at radius 1 is 0.935 bits per heavy atom. The number of Topliss-reactive ketones (excluding diaryl/α,β-unsaturated/α-hetero) is 1. The number of ketones is 1. The predicted molar refractivity (Wildman–Crippen MR) is 124 cm³/mol. The molecule has 0 aliphatic carbocycles. The molecule has 0 aliphatic rings. The first-order valence-electron chi connectivity index (χ1n) is 11.6. The third kappa shape index (κ3) is 12.1. The highest BCUT2D eigenvalue weighted by atomic mass is 16.6. The zero-order valence-corrected chi connectivity index (χ0v) is 19.1. The van der Waals surface area contributed by atoms with E-state index in [1.165, 1.54) is 89.0 Å². The summed E-state index contributed by atoms with van der Waals surface area (Å²) in [6, 6.07) is 5.80. The van der Waals surface area contributed by atoms with Crippen LogP contribution in [-0.4, -0.2) is 23.3 Å². The van der Waals surface area contributed by atoms with E-state index in [2.05, 4.69) is 6.92 Å². The molecule has 0 radical (unpaired) electrons. The molecule has 172 valence electrons. The van der Waals surface area contributed by atoms with Crippen LogP contribution in [0.2, 0.25) is 0 Å². The molecule has 0 N–H and O–H groups in total. The number of nitro groups is 1. The van der Waals surface area contributed by atoms with E-state index in [0.29, 0.717) is 5.56 Å². The van der Waals surface area contributed by atoms with Gasteiger partial charge in [-0.3, -0.25) is 14.9 Å². The summed E-state index contributed by atoms with van der Waals surface area (Å²) in [6.45, 7) is 3.80. The molecule has 31 heavy (non-hydrogen) atoms. The lowest BCUT2D eigenvalue weighted by Gasteiger charge is -2.07. The Balaban J connectivity index is 2.26. The van der Waals surface area contributed by atoms with Gasteiger partial charge in [-0.15, -0.1) is 0 Å². The van der Waals surface area contributed by atoms with Crippen molar-refractivity contribution in [2.24, 2.45) is 0 Å². The molecule has 6 nitrogen and oxygen atoms in total. The van der Waals surface area contributed by atoms with Crippen molar-refractivity contribution in [2.45, 2.75) is 90.9 Å². The average molecular weight is 432 g/mol. The minimum absolute atomic E-state index is 0.0958. The fraction of sp³-hybridized carbons (Fsp3) is 0.600. The van der Waals surface area contributed by atoms with Crippen LogP contribution in [0.25, 0.3) is 6.08 Å². The molecule has 0 aromatic heterocycles. The molecule has 0 spiro atoms. The first kappa shape index (κ1) is 26.5. The van der Waals surface area contributed by atoms with Crippen molar-refractivity contribution in [1.29, 1.82) is 0 Å². The zero-order valence-electron chi connectivity index (χ0n) is 19.1. The van der Waals surface area contributed by atoms with Gasteiger partial charge in [0.15, 0.2) is 5.78 Å². The molecule has 1 aromatic rings.